The van der Waals surface area contributed by atoms with Gasteiger partial charge in [-0.25, -0.2) is 19.6 Å². The molecule has 0 unspecified atom stereocenters. The summed E-state index contributed by atoms with van der Waals surface area (Å²) in [6.07, 6.45) is 0. The molecule has 31 heavy (non-hydrogen) atoms. The SMILES string of the molecule is O=C1OC(=O)c2ccc(-c3nc4ccccc4nc3-c3ccccc3)c3cccc1c23. The van der Waals surface area contributed by atoms with Gasteiger partial charge in [-0.3, -0.25) is 0 Å². The Morgan fingerprint density at radius 3 is 1.90 bits per heavy atom. The Hall–Kier alpha value is -4.38. The Balaban J connectivity index is 1.73. The molecule has 0 N–H and O–H groups in total. The summed E-state index contributed by atoms with van der Waals surface area (Å²) < 4.78 is 4.89. The summed E-state index contributed by atoms with van der Waals surface area (Å²) in [5.41, 5.74) is 5.50. The first-order valence-electron chi connectivity index (χ1n) is 9.85. The maximum absolute atomic E-state index is 12.3. The van der Waals surface area contributed by atoms with E-state index in [2.05, 4.69) is 0 Å². The van der Waals surface area contributed by atoms with E-state index in [4.69, 9.17) is 14.7 Å². The van der Waals surface area contributed by atoms with Crippen molar-refractivity contribution in [1.82, 2.24) is 9.97 Å². The van der Waals surface area contributed by atoms with E-state index in [-0.39, 0.29) is 0 Å². The second-order valence-electron chi connectivity index (χ2n) is 7.34. The molecule has 0 amide bonds. The Morgan fingerprint density at radius 1 is 0.548 bits per heavy atom. The van der Waals surface area contributed by atoms with Gasteiger partial charge in [0.2, 0.25) is 0 Å². The normalized spacial score (nSPS) is 12.9. The highest BCUT2D eigenvalue weighted by Crippen LogP contribution is 2.38. The fraction of sp³-hybridized carbons (Fsp3) is 0. The molecule has 146 valence electrons. The maximum Gasteiger partial charge on any atom is 0.346 e. The molecule has 1 aliphatic heterocycles. The van der Waals surface area contributed by atoms with Crippen molar-refractivity contribution < 1.29 is 14.3 Å². The summed E-state index contributed by atoms with van der Waals surface area (Å²) in [5, 5.41) is 1.36. The van der Waals surface area contributed by atoms with Gasteiger partial charge in [0.05, 0.1) is 33.5 Å². The molecule has 5 nitrogen and oxygen atoms in total. The zero-order chi connectivity index (χ0) is 20.9. The lowest BCUT2D eigenvalue weighted by Crippen LogP contribution is -2.19. The summed E-state index contributed by atoms with van der Waals surface area (Å²) >= 11 is 0. The highest BCUT2D eigenvalue weighted by Gasteiger charge is 2.28. The molecule has 2 heterocycles. The van der Waals surface area contributed by atoms with Crippen LogP contribution in [0.25, 0.3) is 44.3 Å². The van der Waals surface area contributed by atoms with Crippen molar-refractivity contribution in [3.8, 4) is 22.5 Å². The number of cyclic esters (lactones) is 2. The molecule has 6 rings (SSSR count). The number of fused-ring (bicyclic) bond motifs is 1. The van der Waals surface area contributed by atoms with Crippen LogP contribution in [0.3, 0.4) is 0 Å². The molecule has 0 fully saturated rings. The summed E-state index contributed by atoms with van der Waals surface area (Å²) in [5.74, 6) is -1.26. The monoisotopic (exact) mass is 402 g/mol. The first-order chi connectivity index (χ1) is 15.2. The van der Waals surface area contributed by atoms with Gasteiger partial charge < -0.3 is 4.74 Å². The van der Waals surface area contributed by atoms with E-state index in [1.807, 2.05) is 66.7 Å². The van der Waals surface area contributed by atoms with Crippen LogP contribution in [0.4, 0.5) is 0 Å². The minimum atomic E-state index is -0.631. The van der Waals surface area contributed by atoms with Gasteiger partial charge in [-0.2, -0.15) is 0 Å². The fourth-order valence-electron chi connectivity index (χ4n) is 4.13. The van der Waals surface area contributed by atoms with Crippen LogP contribution >= 0.6 is 0 Å². The number of benzene rings is 4. The number of para-hydroxylation sites is 2. The lowest BCUT2D eigenvalue weighted by molar-refractivity contribution is 0.0391. The summed E-state index contributed by atoms with van der Waals surface area (Å²) in [6, 6.07) is 26.5. The van der Waals surface area contributed by atoms with Crippen LogP contribution in [0, 0.1) is 0 Å². The molecule has 5 heteroatoms. The molecule has 0 spiro atoms. The molecule has 0 saturated carbocycles. The van der Waals surface area contributed by atoms with Gasteiger partial charge in [-0.05, 0) is 29.7 Å². The average Bonchev–Trinajstić information content (AvgIpc) is 2.82. The van der Waals surface area contributed by atoms with Crippen molar-refractivity contribution >= 4 is 33.7 Å². The van der Waals surface area contributed by atoms with Crippen molar-refractivity contribution in [3.05, 3.63) is 96.1 Å². The Kier molecular flexibility index (Phi) is 3.70. The number of aromatic nitrogens is 2. The topological polar surface area (TPSA) is 69.2 Å². The lowest BCUT2D eigenvalue weighted by atomic mass is 9.91. The molecule has 1 aliphatic rings. The van der Waals surface area contributed by atoms with Crippen LogP contribution in [-0.2, 0) is 4.74 Å². The molecular formula is C26H14N2O3. The first-order valence-corrected chi connectivity index (χ1v) is 9.85. The van der Waals surface area contributed by atoms with E-state index >= 15 is 0 Å². The number of hydrogen-bond acceptors (Lipinski definition) is 5. The van der Waals surface area contributed by atoms with Crippen LogP contribution < -0.4 is 0 Å². The number of ether oxygens (including phenoxy) is 1. The zero-order valence-corrected chi connectivity index (χ0v) is 16.2. The third-order valence-corrected chi connectivity index (χ3v) is 5.54. The summed E-state index contributed by atoms with van der Waals surface area (Å²) in [6.45, 7) is 0. The van der Waals surface area contributed by atoms with Gasteiger partial charge in [-0.1, -0.05) is 60.7 Å². The summed E-state index contributed by atoms with van der Waals surface area (Å²) in [4.78, 5) is 34.5. The quantitative estimate of drug-likeness (QED) is 0.291. The van der Waals surface area contributed by atoms with Crippen LogP contribution in [0.2, 0.25) is 0 Å². The third-order valence-electron chi connectivity index (χ3n) is 5.54. The second kappa shape index (κ2) is 6.57. The highest BCUT2D eigenvalue weighted by molar-refractivity contribution is 6.22. The van der Waals surface area contributed by atoms with Crippen molar-refractivity contribution in [2.75, 3.05) is 0 Å². The number of carbonyl (C=O) groups excluding carboxylic acids is 2. The molecule has 0 atom stereocenters. The van der Waals surface area contributed by atoms with Crippen LogP contribution in [0.5, 0.6) is 0 Å². The summed E-state index contributed by atoms with van der Waals surface area (Å²) in [7, 11) is 0. The predicted molar refractivity (Wildman–Crippen MR) is 118 cm³/mol. The number of hydrogen-bond donors (Lipinski definition) is 0. The van der Waals surface area contributed by atoms with Crippen molar-refractivity contribution in [1.29, 1.82) is 0 Å². The molecule has 4 aromatic carbocycles. The van der Waals surface area contributed by atoms with Crippen LogP contribution in [-0.4, -0.2) is 21.9 Å². The van der Waals surface area contributed by atoms with E-state index in [1.165, 1.54) is 0 Å². The van der Waals surface area contributed by atoms with Gasteiger partial charge in [0.25, 0.3) is 0 Å². The van der Waals surface area contributed by atoms with Crippen LogP contribution in [0.1, 0.15) is 20.7 Å². The van der Waals surface area contributed by atoms with Gasteiger partial charge >= 0.3 is 11.9 Å². The first kappa shape index (κ1) is 17.5. The Bertz CT molecular complexity index is 1520. The smallest absolute Gasteiger partial charge is 0.346 e. The van der Waals surface area contributed by atoms with Gasteiger partial charge in [0, 0.05) is 16.5 Å². The van der Waals surface area contributed by atoms with E-state index in [9.17, 15) is 9.59 Å². The standard InChI is InChI=1S/C26H14N2O3/c29-25-18-10-6-9-16-17(13-14-19(22(16)18)26(30)31-25)24-23(15-7-2-1-3-8-15)27-20-11-4-5-12-21(20)28-24/h1-14H. The van der Waals surface area contributed by atoms with Gasteiger partial charge in [0.15, 0.2) is 0 Å². The van der Waals surface area contributed by atoms with E-state index in [1.54, 1.807) is 18.2 Å². The molecule has 0 aliphatic carbocycles. The van der Waals surface area contributed by atoms with Crippen molar-refractivity contribution in [3.63, 3.8) is 0 Å². The molecular weight excluding hydrogens is 388 g/mol. The molecule has 0 radical (unpaired) electrons. The average molecular weight is 402 g/mol. The number of esters is 2. The number of carbonyl (C=O) groups is 2. The molecule has 1 aromatic heterocycles. The largest absolute Gasteiger partial charge is 0.386 e. The molecule has 5 aromatic rings. The van der Waals surface area contributed by atoms with Gasteiger partial charge in [-0.15, -0.1) is 0 Å². The maximum atomic E-state index is 12.3. The highest BCUT2D eigenvalue weighted by atomic mass is 16.6. The minimum absolute atomic E-state index is 0.379. The fourth-order valence-corrected chi connectivity index (χ4v) is 4.13. The molecule has 0 bridgehead atoms. The third kappa shape index (κ3) is 2.64. The predicted octanol–water partition coefficient (Wildman–Crippen LogP) is 5.43. The number of nitrogens with zero attached hydrogens (tertiary/aromatic N) is 2. The molecule has 0 saturated heterocycles. The zero-order valence-electron chi connectivity index (χ0n) is 16.2. The number of rotatable bonds is 2. The Morgan fingerprint density at radius 2 is 1.16 bits per heavy atom. The van der Waals surface area contributed by atoms with Crippen LogP contribution in [0.15, 0.2) is 84.9 Å². The van der Waals surface area contributed by atoms with Gasteiger partial charge in [0.1, 0.15) is 0 Å². The van der Waals surface area contributed by atoms with E-state index < -0.39 is 11.9 Å². The van der Waals surface area contributed by atoms with E-state index in [0.29, 0.717) is 22.2 Å². The minimum Gasteiger partial charge on any atom is -0.386 e. The van der Waals surface area contributed by atoms with Crippen molar-refractivity contribution in [2.24, 2.45) is 0 Å². The lowest BCUT2D eigenvalue weighted by Gasteiger charge is -2.18. The van der Waals surface area contributed by atoms with E-state index in [0.717, 1.165) is 33.2 Å². The second-order valence-corrected chi connectivity index (χ2v) is 7.34. The van der Waals surface area contributed by atoms with Crippen molar-refractivity contribution in [2.45, 2.75) is 0 Å². The Labute approximate surface area is 177 Å².